The largest absolute Gasteiger partial charge is 0.480 e. The van der Waals surface area contributed by atoms with Crippen LogP contribution in [0.1, 0.15) is 29.3 Å². The number of amides is 1. The van der Waals surface area contributed by atoms with Crippen LogP contribution in [0.3, 0.4) is 0 Å². The zero-order valence-electron chi connectivity index (χ0n) is 9.96. The highest BCUT2D eigenvalue weighted by molar-refractivity contribution is 7.85. The van der Waals surface area contributed by atoms with Gasteiger partial charge in [-0.05, 0) is 24.1 Å². The van der Waals surface area contributed by atoms with Crippen LogP contribution in [0.2, 0.25) is 0 Å². The van der Waals surface area contributed by atoms with Gasteiger partial charge < -0.3 is 10.8 Å². The van der Waals surface area contributed by atoms with Crippen LogP contribution in [-0.4, -0.2) is 26.4 Å². The van der Waals surface area contributed by atoms with E-state index in [4.69, 9.17) is 10.8 Å². The maximum atomic E-state index is 11.9. The number of carboxylic acids is 1. The van der Waals surface area contributed by atoms with Gasteiger partial charge in [0.1, 0.15) is 5.25 Å². The number of carbonyl (C=O) groups is 2. The minimum atomic E-state index is -1.51. The van der Waals surface area contributed by atoms with Crippen LogP contribution in [0.5, 0.6) is 0 Å². The van der Waals surface area contributed by atoms with Gasteiger partial charge in [-0.3, -0.25) is 13.8 Å². The SMILES string of the molecule is CCC(C(=O)O)S(=O)Cc1cccc(C(N)=O)c1. The van der Waals surface area contributed by atoms with E-state index in [-0.39, 0.29) is 5.75 Å². The summed E-state index contributed by atoms with van der Waals surface area (Å²) in [5.41, 5.74) is 6.11. The van der Waals surface area contributed by atoms with Crippen LogP contribution in [0.25, 0.3) is 0 Å². The van der Waals surface area contributed by atoms with Gasteiger partial charge in [0.15, 0.2) is 0 Å². The third-order valence-electron chi connectivity index (χ3n) is 2.48. The van der Waals surface area contributed by atoms with Gasteiger partial charge in [-0.1, -0.05) is 19.1 Å². The Morgan fingerprint density at radius 2 is 2.11 bits per heavy atom. The van der Waals surface area contributed by atoms with E-state index >= 15 is 0 Å². The first-order chi connectivity index (χ1) is 8.45. The maximum Gasteiger partial charge on any atom is 0.319 e. The third kappa shape index (κ3) is 3.66. The van der Waals surface area contributed by atoms with Crippen LogP contribution < -0.4 is 5.73 Å². The summed E-state index contributed by atoms with van der Waals surface area (Å²) < 4.78 is 11.9. The van der Waals surface area contributed by atoms with Gasteiger partial charge in [-0.2, -0.15) is 0 Å². The molecule has 98 valence electrons. The topological polar surface area (TPSA) is 97.5 Å². The van der Waals surface area contributed by atoms with Crippen molar-refractivity contribution in [2.24, 2.45) is 5.73 Å². The molecule has 1 rings (SSSR count). The number of carbonyl (C=O) groups excluding carboxylic acids is 1. The fourth-order valence-corrected chi connectivity index (χ4v) is 2.86. The van der Waals surface area contributed by atoms with Gasteiger partial charge in [0, 0.05) is 22.1 Å². The monoisotopic (exact) mass is 269 g/mol. The summed E-state index contributed by atoms with van der Waals surface area (Å²) in [4.78, 5) is 21.9. The lowest BCUT2D eigenvalue weighted by Crippen LogP contribution is -2.25. The maximum absolute atomic E-state index is 11.9. The highest BCUT2D eigenvalue weighted by Gasteiger charge is 2.22. The summed E-state index contributed by atoms with van der Waals surface area (Å²) in [6.07, 6.45) is 0.303. The molecule has 0 saturated heterocycles. The zero-order valence-corrected chi connectivity index (χ0v) is 10.8. The molecular formula is C12H15NO4S. The quantitative estimate of drug-likeness (QED) is 0.801. The number of aliphatic carboxylic acids is 1. The molecule has 0 bridgehead atoms. The average Bonchev–Trinajstić information content (AvgIpc) is 2.29. The second-order valence-corrected chi connectivity index (χ2v) is 5.44. The van der Waals surface area contributed by atoms with Crippen molar-refractivity contribution in [1.29, 1.82) is 0 Å². The molecule has 1 aromatic rings. The highest BCUT2D eigenvalue weighted by Crippen LogP contribution is 2.12. The van der Waals surface area contributed by atoms with Crippen molar-refractivity contribution in [2.75, 3.05) is 0 Å². The predicted octanol–water partition coefficient (Wildman–Crippen LogP) is 0.897. The highest BCUT2D eigenvalue weighted by atomic mass is 32.2. The number of carboxylic acid groups (broad SMARTS) is 1. The number of hydrogen-bond acceptors (Lipinski definition) is 3. The molecule has 6 heteroatoms. The fraction of sp³-hybridized carbons (Fsp3) is 0.333. The first kappa shape index (κ1) is 14.4. The van der Waals surface area contributed by atoms with Crippen molar-refractivity contribution in [3.63, 3.8) is 0 Å². The Balaban J connectivity index is 2.84. The molecule has 1 amide bonds. The Kier molecular flexibility index (Phi) is 5.03. The molecule has 0 aliphatic heterocycles. The minimum absolute atomic E-state index is 0.103. The molecule has 1 aromatic carbocycles. The molecule has 2 atom stereocenters. The lowest BCUT2D eigenvalue weighted by atomic mass is 10.1. The standard InChI is InChI=1S/C12H15NO4S/c1-2-10(12(15)16)18(17)7-8-4-3-5-9(6-8)11(13)14/h3-6,10H,2,7H2,1H3,(H2,13,14)(H,15,16). The fourth-order valence-electron chi connectivity index (χ4n) is 1.55. The van der Waals surface area contributed by atoms with E-state index in [1.54, 1.807) is 25.1 Å². The summed E-state index contributed by atoms with van der Waals surface area (Å²) in [5, 5.41) is 8.01. The molecule has 0 aliphatic carbocycles. The summed E-state index contributed by atoms with van der Waals surface area (Å²) in [5.74, 6) is -1.53. The van der Waals surface area contributed by atoms with Gasteiger partial charge in [0.25, 0.3) is 0 Å². The van der Waals surface area contributed by atoms with Crippen LogP contribution in [0, 0.1) is 0 Å². The Bertz CT molecular complexity index is 487. The summed E-state index contributed by atoms with van der Waals surface area (Å²) in [6, 6.07) is 6.42. The summed E-state index contributed by atoms with van der Waals surface area (Å²) in [6.45, 7) is 1.68. The Morgan fingerprint density at radius 1 is 1.44 bits per heavy atom. The van der Waals surface area contributed by atoms with Crippen molar-refractivity contribution in [1.82, 2.24) is 0 Å². The number of nitrogens with two attached hydrogens (primary N) is 1. The normalized spacial score (nSPS) is 13.8. The van der Waals surface area contributed by atoms with Crippen molar-refractivity contribution < 1.29 is 18.9 Å². The molecule has 0 saturated carbocycles. The van der Waals surface area contributed by atoms with Crippen LogP contribution >= 0.6 is 0 Å². The molecule has 0 aromatic heterocycles. The van der Waals surface area contributed by atoms with Gasteiger partial charge in [0.2, 0.25) is 5.91 Å². The van der Waals surface area contributed by atoms with Crippen molar-refractivity contribution in [3.8, 4) is 0 Å². The summed E-state index contributed by atoms with van der Waals surface area (Å²) >= 11 is 0. The average molecular weight is 269 g/mol. The Morgan fingerprint density at radius 3 is 2.61 bits per heavy atom. The number of benzene rings is 1. The van der Waals surface area contributed by atoms with Crippen molar-refractivity contribution >= 4 is 22.7 Å². The van der Waals surface area contributed by atoms with Crippen LogP contribution in [-0.2, 0) is 21.3 Å². The molecule has 0 fully saturated rings. The van der Waals surface area contributed by atoms with Gasteiger partial charge in [-0.15, -0.1) is 0 Å². The molecular weight excluding hydrogens is 254 g/mol. The van der Waals surface area contributed by atoms with E-state index in [2.05, 4.69) is 0 Å². The van der Waals surface area contributed by atoms with E-state index < -0.39 is 27.9 Å². The smallest absolute Gasteiger partial charge is 0.319 e. The molecule has 5 nitrogen and oxygen atoms in total. The molecule has 0 radical (unpaired) electrons. The molecule has 3 N–H and O–H groups in total. The molecule has 2 unspecified atom stereocenters. The lowest BCUT2D eigenvalue weighted by molar-refractivity contribution is -0.136. The number of hydrogen-bond donors (Lipinski definition) is 2. The van der Waals surface area contributed by atoms with E-state index in [9.17, 15) is 13.8 Å². The van der Waals surface area contributed by atoms with Crippen molar-refractivity contribution in [2.45, 2.75) is 24.3 Å². The van der Waals surface area contributed by atoms with E-state index in [0.29, 0.717) is 17.5 Å². The van der Waals surface area contributed by atoms with Crippen LogP contribution in [0.15, 0.2) is 24.3 Å². The van der Waals surface area contributed by atoms with E-state index in [1.807, 2.05) is 0 Å². The van der Waals surface area contributed by atoms with Gasteiger partial charge in [-0.25, -0.2) is 0 Å². The zero-order chi connectivity index (χ0) is 13.7. The van der Waals surface area contributed by atoms with Gasteiger partial charge >= 0.3 is 5.97 Å². The number of primary amides is 1. The van der Waals surface area contributed by atoms with Crippen LogP contribution in [0.4, 0.5) is 0 Å². The lowest BCUT2D eigenvalue weighted by Gasteiger charge is -2.10. The van der Waals surface area contributed by atoms with Crippen molar-refractivity contribution in [3.05, 3.63) is 35.4 Å². The minimum Gasteiger partial charge on any atom is -0.480 e. The van der Waals surface area contributed by atoms with Gasteiger partial charge in [0.05, 0.1) is 0 Å². The Hall–Kier alpha value is -1.69. The second kappa shape index (κ2) is 6.30. The predicted molar refractivity (Wildman–Crippen MR) is 68.5 cm³/mol. The van der Waals surface area contributed by atoms with E-state index in [0.717, 1.165) is 0 Å². The molecule has 18 heavy (non-hydrogen) atoms. The molecule has 0 heterocycles. The first-order valence-corrected chi connectivity index (χ1v) is 6.82. The number of rotatable bonds is 6. The molecule has 0 aliphatic rings. The summed E-state index contributed by atoms with van der Waals surface area (Å²) in [7, 11) is -1.51. The van der Waals surface area contributed by atoms with E-state index in [1.165, 1.54) is 6.07 Å². The second-order valence-electron chi connectivity index (χ2n) is 3.82. The Labute approximate surface area is 107 Å². The first-order valence-electron chi connectivity index (χ1n) is 5.44. The third-order valence-corrected chi connectivity index (χ3v) is 4.27. The molecule has 0 spiro atoms.